The number of ether oxygens (including phenoxy) is 1. The second kappa shape index (κ2) is 15.8. The smallest absolute Gasteiger partial charge is 0.165 e. The van der Waals surface area contributed by atoms with Crippen molar-refractivity contribution in [2.45, 2.75) is 118 Å². The van der Waals surface area contributed by atoms with Crippen molar-refractivity contribution in [2.75, 3.05) is 0 Å². The van der Waals surface area contributed by atoms with Crippen LogP contribution in [0.4, 0.5) is 0 Å². The number of phenols is 1. The van der Waals surface area contributed by atoms with Crippen molar-refractivity contribution in [3.63, 3.8) is 0 Å². The van der Waals surface area contributed by atoms with E-state index in [-0.39, 0.29) is 17.5 Å². The summed E-state index contributed by atoms with van der Waals surface area (Å²) in [6.45, 7) is 9.06. The number of aliphatic hydroxyl groups is 1. The Morgan fingerprint density at radius 2 is 1.74 bits per heavy atom. The average Bonchev–Trinajstić information content (AvgIpc) is 3.50. The van der Waals surface area contributed by atoms with E-state index in [1.807, 2.05) is 18.3 Å². The Bertz CT molecular complexity index is 1150. The fraction of sp³-hybridized carbons (Fsp3) is 0.606. The Morgan fingerprint density at radius 1 is 1.00 bits per heavy atom. The van der Waals surface area contributed by atoms with Gasteiger partial charge >= 0.3 is 0 Å². The Hall–Kier alpha value is -2.73. The highest BCUT2D eigenvalue weighted by Crippen LogP contribution is 2.30. The minimum absolute atomic E-state index is 0.0929. The second-order valence-corrected chi connectivity index (χ2v) is 11.5. The average molecular weight is 539 g/mol. The molecule has 0 spiro atoms. The van der Waals surface area contributed by atoms with Gasteiger partial charge in [0.2, 0.25) is 0 Å². The maximum Gasteiger partial charge on any atom is 0.165 e. The summed E-state index contributed by atoms with van der Waals surface area (Å²) in [6.07, 6.45) is 14.2. The topological polar surface area (TPSA) is 87.5 Å². The summed E-state index contributed by atoms with van der Waals surface area (Å²) in [5, 5.41) is 22.5. The van der Waals surface area contributed by atoms with Gasteiger partial charge in [-0.2, -0.15) is 0 Å². The molecule has 0 fully saturated rings. The number of H-pyrrole nitrogens is 1. The highest BCUT2D eigenvalue weighted by Gasteiger charge is 2.25. The van der Waals surface area contributed by atoms with Crippen LogP contribution in [-0.2, 0) is 24.4 Å². The Labute approximate surface area is 234 Å². The number of aromatic hydroxyl groups is 1. The van der Waals surface area contributed by atoms with Crippen molar-refractivity contribution >= 4 is 16.7 Å². The van der Waals surface area contributed by atoms with Crippen LogP contribution in [-0.4, -0.2) is 31.7 Å². The van der Waals surface area contributed by atoms with Gasteiger partial charge in [-0.05, 0) is 61.8 Å². The van der Waals surface area contributed by atoms with Gasteiger partial charge in [-0.1, -0.05) is 72.3 Å². The Balaban J connectivity index is 1.63. The van der Waals surface area contributed by atoms with Gasteiger partial charge in [0, 0.05) is 35.8 Å². The zero-order valence-corrected chi connectivity index (χ0v) is 24.5. The number of aromatic amines is 1. The lowest BCUT2D eigenvalue weighted by Crippen LogP contribution is -2.28. The maximum absolute atomic E-state index is 13.2. The van der Waals surface area contributed by atoms with Gasteiger partial charge in [0.15, 0.2) is 18.2 Å². The number of nitrogens with zero attached hydrogens (tertiary/aromatic N) is 1. The van der Waals surface area contributed by atoms with E-state index in [2.05, 4.69) is 49.5 Å². The number of benzene rings is 1. The van der Waals surface area contributed by atoms with E-state index >= 15 is 0 Å². The molecule has 0 aliphatic rings. The molecule has 0 amide bonds. The van der Waals surface area contributed by atoms with E-state index in [0.29, 0.717) is 37.7 Å². The van der Waals surface area contributed by atoms with Crippen molar-refractivity contribution in [2.24, 2.45) is 11.8 Å². The first-order valence-corrected chi connectivity index (χ1v) is 15.1. The molecular weight excluding hydrogens is 488 g/mol. The second-order valence-electron chi connectivity index (χ2n) is 11.5. The molecule has 3 N–H and O–H groups in total. The third-order valence-corrected chi connectivity index (χ3v) is 7.82. The maximum atomic E-state index is 13.2. The highest BCUT2D eigenvalue weighted by atomic mass is 16.5. The molecule has 0 aliphatic carbocycles. The van der Waals surface area contributed by atoms with Gasteiger partial charge in [0.05, 0.1) is 11.6 Å². The lowest BCUT2D eigenvalue weighted by Gasteiger charge is -2.22. The number of nitrogens with one attached hydrogen (secondary N) is 1. The van der Waals surface area contributed by atoms with E-state index < -0.39 is 6.10 Å². The normalized spacial score (nSPS) is 13.3. The fourth-order valence-electron chi connectivity index (χ4n) is 5.36. The number of hydrogen-bond donors (Lipinski definition) is 3. The molecule has 0 saturated carbocycles. The van der Waals surface area contributed by atoms with Gasteiger partial charge in [-0.3, -0.25) is 4.79 Å². The number of carbonyl (C=O) groups is 1. The Kier molecular flexibility index (Phi) is 12.4. The summed E-state index contributed by atoms with van der Waals surface area (Å²) in [4.78, 5) is 16.5. The van der Waals surface area contributed by atoms with Crippen molar-refractivity contribution in [3.05, 3.63) is 47.9 Å². The standard InChI is InChI=1S/C33H50N2O4/c1-5-7-9-11-27(30(36)12-10-8-6-2)31(37)17-14-25-15-18-32(38)33(21-25)39-23-35-22-28-26(19-20-34-28)29(35)16-13-24(3)4/h15,18-22,24,27,30,34,36,38H,5-14,16-17,23H2,1-4H3/t27-,30-/m1/s1. The molecule has 2 heterocycles. The molecular formula is C33H50N2O4. The molecule has 3 aromatic rings. The van der Waals surface area contributed by atoms with Crippen molar-refractivity contribution in [1.29, 1.82) is 0 Å². The quantitative estimate of drug-likeness (QED) is 0.135. The number of aliphatic hydroxyl groups excluding tert-OH is 1. The molecule has 216 valence electrons. The first-order valence-electron chi connectivity index (χ1n) is 15.1. The number of aryl methyl sites for hydroxylation is 2. The molecule has 0 saturated heterocycles. The third-order valence-electron chi connectivity index (χ3n) is 7.82. The van der Waals surface area contributed by atoms with Crippen LogP contribution in [0.2, 0.25) is 0 Å². The molecule has 0 radical (unpaired) electrons. The van der Waals surface area contributed by atoms with Gasteiger partial charge in [-0.15, -0.1) is 0 Å². The predicted molar refractivity (Wildman–Crippen MR) is 159 cm³/mol. The number of unbranched alkanes of at least 4 members (excludes halogenated alkanes) is 4. The van der Waals surface area contributed by atoms with Crippen LogP contribution in [0.5, 0.6) is 11.5 Å². The Morgan fingerprint density at radius 3 is 2.46 bits per heavy atom. The minimum Gasteiger partial charge on any atom is -0.504 e. The minimum atomic E-state index is -0.558. The van der Waals surface area contributed by atoms with Crippen LogP contribution < -0.4 is 4.74 Å². The zero-order valence-electron chi connectivity index (χ0n) is 24.5. The number of aromatic nitrogens is 2. The largest absolute Gasteiger partial charge is 0.504 e. The predicted octanol–water partition coefficient (Wildman–Crippen LogP) is 7.94. The number of fused-ring (bicyclic) bond motifs is 1. The number of hydrogen-bond acceptors (Lipinski definition) is 4. The number of rotatable bonds is 19. The van der Waals surface area contributed by atoms with Gasteiger partial charge in [-0.25, -0.2) is 0 Å². The molecule has 39 heavy (non-hydrogen) atoms. The summed E-state index contributed by atoms with van der Waals surface area (Å²) in [7, 11) is 0. The number of phenolic OH excluding ortho intramolecular Hbond substituents is 1. The first kappa shape index (κ1) is 30.8. The summed E-state index contributed by atoms with van der Waals surface area (Å²) in [5.74, 6) is 0.976. The molecule has 6 nitrogen and oxygen atoms in total. The van der Waals surface area contributed by atoms with Crippen LogP contribution in [0.25, 0.3) is 10.9 Å². The molecule has 0 bridgehead atoms. The molecule has 0 unspecified atom stereocenters. The molecule has 3 rings (SSSR count). The lowest BCUT2D eigenvalue weighted by atomic mass is 9.86. The highest BCUT2D eigenvalue weighted by molar-refractivity contribution is 5.83. The molecule has 1 aromatic carbocycles. The van der Waals surface area contributed by atoms with E-state index in [1.54, 1.807) is 6.07 Å². The number of Topliss-reactive ketones (excluding diaryl/α,β-unsaturated/α-hetero) is 1. The summed E-state index contributed by atoms with van der Waals surface area (Å²) >= 11 is 0. The molecule has 2 aromatic heterocycles. The molecule has 6 heteroatoms. The van der Waals surface area contributed by atoms with Crippen LogP contribution in [0, 0.1) is 11.8 Å². The summed E-state index contributed by atoms with van der Waals surface area (Å²) in [5.41, 5.74) is 3.26. The van der Waals surface area contributed by atoms with E-state index in [1.165, 1.54) is 11.1 Å². The van der Waals surface area contributed by atoms with E-state index in [9.17, 15) is 15.0 Å². The monoisotopic (exact) mass is 538 g/mol. The van der Waals surface area contributed by atoms with Gasteiger partial charge in [0.1, 0.15) is 5.78 Å². The van der Waals surface area contributed by atoms with Crippen molar-refractivity contribution in [1.82, 2.24) is 9.55 Å². The zero-order chi connectivity index (χ0) is 28.2. The molecule has 2 atom stereocenters. The van der Waals surface area contributed by atoms with Crippen molar-refractivity contribution < 1.29 is 19.7 Å². The van der Waals surface area contributed by atoms with Crippen LogP contribution in [0.15, 0.2) is 36.7 Å². The third kappa shape index (κ3) is 9.16. The lowest BCUT2D eigenvalue weighted by molar-refractivity contribution is -0.126. The van der Waals surface area contributed by atoms with Crippen LogP contribution in [0.1, 0.15) is 103 Å². The van der Waals surface area contributed by atoms with E-state index in [4.69, 9.17) is 4.74 Å². The fourth-order valence-corrected chi connectivity index (χ4v) is 5.36. The van der Waals surface area contributed by atoms with Gasteiger partial charge in [0.25, 0.3) is 0 Å². The van der Waals surface area contributed by atoms with Crippen LogP contribution >= 0.6 is 0 Å². The van der Waals surface area contributed by atoms with Crippen LogP contribution in [0.3, 0.4) is 0 Å². The first-order chi connectivity index (χ1) is 18.8. The number of ketones is 1. The van der Waals surface area contributed by atoms with Gasteiger partial charge < -0.3 is 24.5 Å². The number of carbonyl (C=O) groups excluding carboxylic acids is 1. The molecule has 0 aliphatic heterocycles. The van der Waals surface area contributed by atoms with E-state index in [0.717, 1.165) is 68.9 Å². The van der Waals surface area contributed by atoms with Crippen molar-refractivity contribution in [3.8, 4) is 11.5 Å². The summed E-state index contributed by atoms with van der Waals surface area (Å²) < 4.78 is 8.21. The SMILES string of the molecule is CCCCC[C@@H](O)[C@@H](CCCCC)C(=O)CCc1ccc(O)c(OCn2cc3[nH]ccc3c2CCC(C)C)c1. The summed E-state index contributed by atoms with van der Waals surface area (Å²) in [6, 6.07) is 7.45.